The van der Waals surface area contributed by atoms with E-state index < -0.39 is 10.0 Å². The van der Waals surface area contributed by atoms with Crippen LogP contribution >= 0.6 is 0 Å². The lowest BCUT2D eigenvalue weighted by atomic mass is 10.1. The fraction of sp³-hybridized carbons (Fsp3) is 0.200. The Bertz CT molecular complexity index is 1450. The Kier molecular flexibility index (Phi) is 6.39. The summed E-state index contributed by atoms with van der Waals surface area (Å²) in [4.78, 5) is 19.7. The minimum atomic E-state index is -3.85. The van der Waals surface area contributed by atoms with E-state index in [1.54, 1.807) is 49.5 Å². The molecule has 9 heteroatoms. The molecular formula is C25H25FN4O3S. The van der Waals surface area contributed by atoms with Gasteiger partial charge in [-0.3, -0.25) is 9.52 Å². The van der Waals surface area contributed by atoms with Crippen LogP contribution in [0, 0.1) is 12.7 Å². The molecule has 34 heavy (non-hydrogen) atoms. The average molecular weight is 481 g/mol. The fourth-order valence-corrected chi connectivity index (χ4v) is 5.01. The molecule has 0 saturated heterocycles. The molecule has 0 bridgehead atoms. The van der Waals surface area contributed by atoms with Crippen LogP contribution in [0.2, 0.25) is 0 Å². The van der Waals surface area contributed by atoms with E-state index in [1.807, 2.05) is 18.4 Å². The summed E-state index contributed by atoms with van der Waals surface area (Å²) < 4.78 is 43.5. The van der Waals surface area contributed by atoms with E-state index in [4.69, 9.17) is 0 Å². The molecule has 176 valence electrons. The van der Waals surface area contributed by atoms with E-state index in [-0.39, 0.29) is 28.9 Å². The van der Waals surface area contributed by atoms with Crippen LogP contribution in [0.25, 0.3) is 11.0 Å². The lowest BCUT2D eigenvalue weighted by Gasteiger charge is -2.19. The van der Waals surface area contributed by atoms with Crippen LogP contribution in [0.15, 0.2) is 71.6 Å². The van der Waals surface area contributed by atoms with Crippen molar-refractivity contribution in [3.63, 3.8) is 0 Å². The van der Waals surface area contributed by atoms with Crippen molar-refractivity contribution in [2.75, 3.05) is 11.8 Å². The summed E-state index contributed by atoms with van der Waals surface area (Å²) in [6, 6.07) is 17.1. The molecular weight excluding hydrogens is 455 g/mol. The van der Waals surface area contributed by atoms with Crippen molar-refractivity contribution in [3.8, 4) is 0 Å². The van der Waals surface area contributed by atoms with Crippen molar-refractivity contribution in [1.82, 2.24) is 14.5 Å². The van der Waals surface area contributed by atoms with Gasteiger partial charge in [-0.2, -0.15) is 0 Å². The second kappa shape index (κ2) is 9.26. The van der Waals surface area contributed by atoms with Gasteiger partial charge in [0.1, 0.15) is 11.6 Å². The molecule has 3 aromatic carbocycles. The first-order valence-electron chi connectivity index (χ1n) is 10.8. The van der Waals surface area contributed by atoms with Gasteiger partial charge in [0.25, 0.3) is 15.9 Å². The topological polar surface area (TPSA) is 84.3 Å². The molecule has 1 aromatic heterocycles. The number of carbonyl (C=O) groups excluding carboxylic acids is 1. The first kappa shape index (κ1) is 23.4. The van der Waals surface area contributed by atoms with Crippen LogP contribution in [-0.2, 0) is 23.1 Å². The lowest BCUT2D eigenvalue weighted by molar-refractivity contribution is 0.0786. The van der Waals surface area contributed by atoms with Gasteiger partial charge < -0.3 is 9.47 Å². The third-order valence-corrected chi connectivity index (χ3v) is 6.96. The Morgan fingerprint density at radius 1 is 1.09 bits per heavy atom. The van der Waals surface area contributed by atoms with Crippen LogP contribution in [0.1, 0.15) is 28.7 Å². The molecule has 4 rings (SSSR count). The maximum Gasteiger partial charge on any atom is 0.261 e. The second-order valence-corrected chi connectivity index (χ2v) is 9.68. The van der Waals surface area contributed by atoms with E-state index in [0.717, 1.165) is 11.4 Å². The van der Waals surface area contributed by atoms with Gasteiger partial charge in [-0.25, -0.2) is 17.8 Å². The Hall–Kier alpha value is -3.72. The molecule has 1 heterocycles. The molecule has 0 aliphatic rings. The molecule has 0 saturated carbocycles. The molecule has 0 aliphatic heterocycles. The van der Waals surface area contributed by atoms with Crippen LogP contribution in [0.3, 0.4) is 0 Å². The summed E-state index contributed by atoms with van der Waals surface area (Å²) in [6.07, 6.45) is 0. The Morgan fingerprint density at radius 2 is 1.76 bits per heavy atom. The normalized spacial score (nSPS) is 11.5. The summed E-state index contributed by atoms with van der Waals surface area (Å²) in [5.74, 6) is 0.0700. The monoisotopic (exact) mass is 480 g/mol. The molecule has 0 unspecified atom stereocenters. The van der Waals surface area contributed by atoms with E-state index in [0.29, 0.717) is 23.1 Å². The van der Waals surface area contributed by atoms with Crippen LogP contribution in [0.5, 0.6) is 0 Å². The molecule has 4 aromatic rings. The van der Waals surface area contributed by atoms with Gasteiger partial charge >= 0.3 is 0 Å². The SMILES string of the molecule is CCn1c(C)nc2cc(NS(=O)(=O)c3ccccc3)cc(C(=O)N(C)Cc3ccc(F)cc3)c21. The maximum atomic E-state index is 13.5. The molecule has 0 radical (unpaired) electrons. The molecule has 0 spiro atoms. The van der Waals surface area contributed by atoms with Gasteiger partial charge in [-0.15, -0.1) is 0 Å². The highest BCUT2D eigenvalue weighted by molar-refractivity contribution is 7.92. The number of anilines is 1. The van der Waals surface area contributed by atoms with Gasteiger partial charge in [0, 0.05) is 20.1 Å². The zero-order valence-corrected chi connectivity index (χ0v) is 19.9. The predicted molar refractivity (Wildman–Crippen MR) is 130 cm³/mol. The molecule has 0 atom stereocenters. The molecule has 7 nitrogen and oxygen atoms in total. The minimum Gasteiger partial charge on any atom is -0.337 e. The van der Waals surface area contributed by atoms with Gasteiger partial charge in [0.2, 0.25) is 0 Å². The number of benzene rings is 3. The van der Waals surface area contributed by atoms with Crippen molar-refractivity contribution < 1.29 is 17.6 Å². The highest BCUT2D eigenvalue weighted by Crippen LogP contribution is 2.28. The molecule has 1 N–H and O–H groups in total. The molecule has 1 amide bonds. The van der Waals surface area contributed by atoms with E-state index >= 15 is 0 Å². The van der Waals surface area contributed by atoms with Crippen molar-refractivity contribution in [2.24, 2.45) is 0 Å². The maximum absolute atomic E-state index is 13.5. The Morgan fingerprint density at radius 3 is 2.41 bits per heavy atom. The van der Waals surface area contributed by atoms with Crippen molar-refractivity contribution in [3.05, 3.63) is 89.5 Å². The number of aryl methyl sites for hydroxylation is 2. The smallest absolute Gasteiger partial charge is 0.261 e. The van der Waals surface area contributed by atoms with Gasteiger partial charge in [-0.05, 0) is 55.8 Å². The third kappa shape index (κ3) is 4.65. The Labute approximate surface area is 197 Å². The number of fused-ring (bicyclic) bond motifs is 1. The number of carbonyl (C=O) groups is 1. The van der Waals surface area contributed by atoms with E-state index in [1.165, 1.54) is 29.2 Å². The van der Waals surface area contributed by atoms with E-state index in [9.17, 15) is 17.6 Å². The number of nitrogens with one attached hydrogen (secondary N) is 1. The number of amides is 1. The predicted octanol–water partition coefficient (Wildman–Crippen LogP) is 4.58. The third-order valence-electron chi connectivity index (χ3n) is 5.56. The quantitative estimate of drug-likeness (QED) is 0.420. The number of halogens is 1. The first-order valence-corrected chi connectivity index (χ1v) is 12.3. The standard InChI is InChI=1S/C25H25FN4O3S/c1-4-30-17(2)27-23-15-20(28-34(32,33)21-8-6-5-7-9-21)14-22(24(23)30)25(31)29(3)16-18-10-12-19(26)13-11-18/h5-15,28H,4,16H2,1-3H3. The van der Waals surface area contributed by atoms with Crippen molar-refractivity contribution in [2.45, 2.75) is 31.8 Å². The number of sulfonamides is 1. The van der Waals surface area contributed by atoms with Crippen molar-refractivity contribution >= 4 is 32.7 Å². The van der Waals surface area contributed by atoms with Gasteiger partial charge in [0.15, 0.2) is 0 Å². The molecule has 0 fully saturated rings. The average Bonchev–Trinajstić information content (AvgIpc) is 3.14. The van der Waals surface area contributed by atoms with Gasteiger partial charge in [0.05, 0.1) is 27.2 Å². The highest BCUT2D eigenvalue weighted by Gasteiger charge is 2.23. The van der Waals surface area contributed by atoms with E-state index in [2.05, 4.69) is 9.71 Å². The van der Waals surface area contributed by atoms with Crippen LogP contribution in [0.4, 0.5) is 10.1 Å². The highest BCUT2D eigenvalue weighted by atomic mass is 32.2. The number of rotatable bonds is 7. The summed E-state index contributed by atoms with van der Waals surface area (Å²) in [5.41, 5.74) is 2.50. The summed E-state index contributed by atoms with van der Waals surface area (Å²) in [6.45, 7) is 4.66. The summed E-state index contributed by atoms with van der Waals surface area (Å²) in [5, 5.41) is 0. The fourth-order valence-electron chi connectivity index (χ4n) is 3.95. The summed E-state index contributed by atoms with van der Waals surface area (Å²) >= 11 is 0. The number of hydrogen-bond donors (Lipinski definition) is 1. The number of nitrogens with zero attached hydrogens (tertiary/aromatic N) is 3. The number of imidazole rings is 1. The van der Waals surface area contributed by atoms with Crippen LogP contribution < -0.4 is 4.72 Å². The first-order chi connectivity index (χ1) is 16.2. The lowest BCUT2D eigenvalue weighted by Crippen LogP contribution is -2.27. The number of aromatic nitrogens is 2. The minimum absolute atomic E-state index is 0.117. The summed E-state index contributed by atoms with van der Waals surface area (Å²) in [7, 11) is -2.20. The molecule has 0 aliphatic carbocycles. The second-order valence-electron chi connectivity index (χ2n) is 8.00. The number of hydrogen-bond acceptors (Lipinski definition) is 4. The van der Waals surface area contributed by atoms with Crippen LogP contribution in [-0.4, -0.2) is 35.8 Å². The zero-order valence-electron chi connectivity index (χ0n) is 19.1. The zero-order chi connectivity index (χ0) is 24.5. The Balaban J connectivity index is 1.76. The van der Waals surface area contributed by atoms with Crippen molar-refractivity contribution in [1.29, 1.82) is 0 Å². The van der Waals surface area contributed by atoms with Gasteiger partial charge in [-0.1, -0.05) is 30.3 Å². The largest absolute Gasteiger partial charge is 0.337 e.